The molecule has 3 aromatic carbocycles. The van der Waals surface area contributed by atoms with E-state index >= 15 is 0 Å². The van der Waals surface area contributed by atoms with Crippen molar-refractivity contribution < 1.29 is 14.6 Å². The van der Waals surface area contributed by atoms with E-state index in [2.05, 4.69) is 62.3 Å². The van der Waals surface area contributed by atoms with Crippen molar-refractivity contribution in [2.75, 3.05) is 12.9 Å². The van der Waals surface area contributed by atoms with Crippen LogP contribution in [-0.2, 0) is 15.6 Å². The van der Waals surface area contributed by atoms with Crippen LogP contribution in [0.2, 0.25) is 0 Å². The lowest BCUT2D eigenvalue weighted by Crippen LogP contribution is -2.20. The standard InChI is InChI=1S/C33H39N5O3S/c1-21-9-11-23(12-10-21)30-36-37-31(38(30)24-13-15-25(41-8)16-14-24)42-20-28(39)35-34-19-22-17-26(32(2,3)4)29(40)27(18-22)33(5,6)7/h9-19,40H,20H2,1-8H3,(H,35,39). The molecule has 9 heteroatoms. The Morgan fingerprint density at radius 2 is 1.57 bits per heavy atom. The van der Waals surface area contributed by atoms with Gasteiger partial charge in [-0.25, -0.2) is 5.43 Å². The third-order valence-corrected chi connectivity index (χ3v) is 7.69. The second-order valence-electron chi connectivity index (χ2n) is 12.3. The van der Waals surface area contributed by atoms with Crippen molar-refractivity contribution in [2.45, 2.75) is 64.5 Å². The van der Waals surface area contributed by atoms with Gasteiger partial charge >= 0.3 is 0 Å². The fraction of sp³-hybridized carbons (Fsp3) is 0.333. The number of phenolic OH excluding ortho intramolecular Hbond substituents is 1. The van der Waals surface area contributed by atoms with Gasteiger partial charge in [0.05, 0.1) is 19.1 Å². The molecule has 0 aliphatic carbocycles. The molecule has 2 N–H and O–H groups in total. The molecule has 0 unspecified atom stereocenters. The van der Waals surface area contributed by atoms with Crippen molar-refractivity contribution in [3.05, 3.63) is 82.9 Å². The molecule has 0 aliphatic heterocycles. The minimum atomic E-state index is -0.275. The number of hydrogen-bond donors (Lipinski definition) is 2. The van der Waals surface area contributed by atoms with Crippen LogP contribution < -0.4 is 10.2 Å². The van der Waals surface area contributed by atoms with E-state index in [-0.39, 0.29) is 22.5 Å². The van der Waals surface area contributed by atoms with Crippen LogP contribution >= 0.6 is 11.8 Å². The molecular weight excluding hydrogens is 546 g/mol. The van der Waals surface area contributed by atoms with Gasteiger partial charge in [-0.05, 0) is 59.7 Å². The molecule has 0 saturated carbocycles. The van der Waals surface area contributed by atoms with Crippen LogP contribution in [0.4, 0.5) is 0 Å². The van der Waals surface area contributed by atoms with Crippen LogP contribution in [0.25, 0.3) is 17.1 Å². The van der Waals surface area contributed by atoms with E-state index < -0.39 is 0 Å². The smallest absolute Gasteiger partial charge is 0.250 e. The van der Waals surface area contributed by atoms with Crippen LogP contribution in [-0.4, -0.2) is 44.9 Å². The number of methoxy groups -OCH3 is 1. The first kappa shape index (κ1) is 30.8. The van der Waals surface area contributed by atoms with Crippen LogP contribution in [0.3, 0.4) is 0 Å². The third kappa shape index (κ3) is 7.20. The Morgan fingerprint density at radius 3 is 2.12 bits per heavy atom. The van der Waals surface area contributed by atoms with Crippen LogP contribution in [0.15, 0.2) is 70.9 Å². The molecule has 220 valence electrons. The maximum Gasteiger partial charge on any atom is 0.250 e. The fourth-order valence-electron chi connectivity index (χ4n) is 4.43. The van der Waals surface area contributed by atoms with Crippen LogP contribution in [0.1, 0.15) is 63.8 Å². The van der Waals surface area contributed by atoms with E-state index in [0.29, 0.717) is 16.7 Å². The van der Waals surface area contributed by atoms with E-state index in [9.17, 15) is 9.90 Å². The number of nitrogens with zero attached hydrogens (tertiary/aromatic N) is 4. The maximum atomic E-state index is 12.8. The number of rotatable bonds is 8. The number of hydrogen-bond acceptors (Lipinski definition) is 7. The quantitative estimate of drug-likeness (QED) is 0.134. The molecule has 0 aliphatic rings. The number of ether oxygens (including phenoxy) is 1. The number of nitrogens with one attached hydrogen (secondary N) is 1. The number of aromatic nitrogens is 3. The summed E-state index contributed by atoms with van der Waals surface area (Å²) in [6.07, 6.45) is 1.61. The number of thioether (sulfide) groups is 1. The minimum Gasteiger partial charge on any atom is -0.507 e. The lowest BCUT2D eigenvalue weighted by atomic mass is 9.78. The number of amides is 1. The molecule has 1 heterocycles. The number of aromatic hydroxyl groups is 1. The highest BCUT2D eigenvalue weighted by Crippen LogP contribution is 2.39. The number of carbonyl (C=O) groups excluding carboxylic acids is 1. The number of benzene rings is 3. The van der Waals surface area contributed by atoms with E-state index in [4.69, 9.17) is 4.74 Å². The average Bonchev–Trinajstić information content (AvgIpc) is 3.35. The Bertz CT molecular complexity index is 1540. The lowest BCUT2D eigenvalue weighted by molar-refractivity contribution is -0.118. The zero-order valence-corrected chi connectivity index (χ0v) is 26.3. The van der Waals surface area contributed by atoms with Crippen molar-refractivity contribution in [3.63, 3.8) is 0 Å². The summed E-state index contributed by atoms with van der Waals surface area (Å²) in [7, 11) is 1.63. The molecule has 4 aromatic rings. The molecule has 0 saturated heterocycles. The van der Waals surface area contributed by atoms with Crippen molar-refractivity contribution in [2.24, 2.45) is 5.10 Å². The highest BCUT2D eigenvalue weighted by Gasteiger charge is 2.26. The minimum absolute atomic E-state index is 0.0928. The van der Waals surface area contributed by atoms with Crippen molar-refractivity contribution >= 4 is 23.9 Å². The van der Waals surface area contributed by atoms with Gasteiger partial charge in [-0.2, -0.15) is 5.10 Å². The van der Waals surface area contributed by atoms with Crippen molar-refractivity contribution in [1.82, 2.24) is 20.2 Å². The van der Waals surface area contributed by atoms with Gasteiger partial charge in [0, 0.05) is 22.4 Å². The largest absolute Gasteiger partial charge is 0.507 e. The first-order valence-corrected chi connectivity index (χ1v) is 14.8. The molecular formula is C33H39N5O3S. The normalized spacial score (nSPS) is 12.1. The van der Waals surface area contributed by atoms with E-state index in [0.717, 1.165) is 39.3 Å². The summed E-state index contributed by atoms with van der Waals surface area (Å²) in [5.41, 5.74) is 7.50. The summed E-state index contributed by atoms with van der Waals surface area (Å²) < 4.78 is 7.25. The molecule has 0 spiro atoms. The Labute approximate surface area is 252 Å². The Morgan fingerprint density at radius 1 is 0.976 bits per heavy atom. The van der Waals surface area contributed by atoms with Crippen molar-refractivity contribution in [3.8, 4) is 28.6 Å². The molecule has 0 radical (unpaired) electrons. The average molecular weight is 586 g/mol. The Balaban J connectivity index is 1.53. The van der Waals surface area contributed by atoms with E-state index in [1.54, 1.807) is 13.3 Å². The van der Waals surface area contributed by atoms with Gasteiger partial charge in [-0.3, -0.25) is 9.36 Å². The molecule has 4 rings (SSSR count). The van der Waals surface area contributed by atoms with E-state index in [1.165, 1.54) is 11.8 Å². The van der Waals surface area contributed by atoms with Gasteiger partial charge in [0.2, 0.25) is 0 Å². The van der Waals surface area contributed by atoms with Gasteiger partial charge in [-0.1, -0.05) is 83.1 Å². The molecule has 0 bridgehead atoms. The Hall–Kier alpha value is -4.11. The molecule has 1 amide bonds. The summed E-state index contributed by atoms with van der Waals surface area (Å²) in [6, 6.07) is 19.5. The molecule has 42 heavy (non-hydrogen) atoms. The SMILES string of the molecule is COc1ccc(-n2c(SCC(=O)NN=Cc3cc(C(C)(C)C)c(O)c(C(C)(C)C)c3)nnc2-c2ccc(C)cc2)cc1. The highest BCUT2D eigenvalue weighted by atomic mass is 32.2. The first-order chi connectivity index (χ1) is 19.8. The number of aryl methyl sites for hydroxylation is 1. The highest BCUT2D eigenvalue weighted by molar-refractivity contribution is 7.99. The molecule has 0 atom stereocenters. The zero-order valence-electron chi connectivity index (χ0n) is 25.5. The summed E-state index contributed by atoms with van der Waals surface area (Å²) in [4.78, 5) is 12.8. The molecule has 8 nitrogen and oxygen atoms in total. The lowest BCUT2D eigenvalue weighted by Gasteiger charge is -2.27. The second-order valence-corrected chi connectivity index (χ2v) is 13.2. The van der Waals surface area contributed by atoms with Crippen LogP contribution in [0.5, 0.6) is 11.5 Å². The predicted molar refractivity (Wildman–Crippen MR) is 170 cm³/mol. The third-order valence-electron chi connectivity index (χ3n) is 6.76. The maximum absolute atomic E-state index is 12.8. The summed E-state index contributed by atoms with van der Waals surface area (Å²) >= 11 is 1.28. The summed E-state index contributed by atoms with van der Waals surface area (Å²) in [5.74, 6) is 1.54. The fourth-order valence-corrected chi connectivity index (χ4v) is 5.18. The number of phenols is 1. The van der Waals surface area contributed by atoms with Gasteiger partial charge in [0.25, 0.3) is 5.91 Å². The number of hydrazone groups is 1. The number of carbonyl (C=O) groups is 1. The van der Waals surface area contributed by atoms with E-state index in [1.807, 2.05) is 72.2 Å². The molecule has 1 aromatic heterocycles. The Kier molecular flexibility index (Phi) is 9.11. The van der Waals surface area contributed by atoms with Gasteiger partial charge in [0.15, 0.2) is 11.0 Å². The van der Waals surface area contributed by atoms with Crippen molar-refractivity contribution in [1.29, 1.82) is 0 Å². The summed E-state index contributed by atoms with van der Waals surface area (Å²) in [5, 5.41) is 24.6. The zero-order chi connectivity index (χ0) is 30.7. The molecule has 0 fully saturated rings. The van der Waals surface area contributed by atoms with Crippen LogP contribution in [0, 0.1) is 6.92 Å². The second kappa shape index (κ2) is 12.4. The first-order valence-electron chi connectivity index (χ1n) is 13.8. The van der Waals surface area contributed by atoms with Gasteiger partial charge in [-0.15, -0.1) is 10.2 Å². The predicted octanol–water partition coefficient (Wildman–Crippen LogP) is 6.79. The van der Waals surface area contributed by atoms with Gasteiger partial charge < -0.3 is 9.84 Å². The van der Waals surface area contributed by atoms with Gasteiger partial charge in [0.1, 0.15) is 11.5 Å². The monoisotopic (exact) mass is 585 g/mol. The topological polar surface area (TPSA) is 102 Å². The summed E-state index contributed by atoms with van der Waals surface area (Å²) in [6.45, 7) is 14.4.